The van der Waals surface area contributed by atoms with Crippen LogP contribution < -0.4 is 0 Å². The molecule has 194 valence electrons. The van der Waals surface area contributed by atoms with E-state index in [2.05, 4.69) is 27.7 Å². The van der Waals surface area contributed by atoms with E-state index in [1.54, 1.807) is 0 Å². The molecule has 0 aliphatic heterocycles. The van der Waals surface area contributed by atoms with Gasteiger partial charge in [-0.1, -0.05) is 142 Å². The maximum absolute atomic E-state index is 12.8. The third-order valence-corrected chi connectivity index (χ3v) is 12.6. The topological polar surface area (TPSA) is 74.6 Å². The summed E-state index contributed by atoms with van der Waals surface area (Å²) >= 11 is 0. The van der Waals surface area contributed by atoms with Gasteiger partial charge in [0.05, 0.1) is 8.07 Å². The van der Waals surface area contributed by atoms with Gasteiger partial charge in [0.1, 0.15) is 0 Å². The van der Waals surface area contributed by atoms with Crippen molar-refractivity contribution in [1.29, 1.82) is 0 Å². The van der Waals surface area contributed by atoms with Crippen molar-refractivity contribution >= 4 is 20.0 Å². The van der Waals surface area contributed by atoms with Crippen LogP contribution in [0.5, 0.6) is 0 Å². The Balaban J connectivity index is 6.21. The molecule has 5 heteroatoms. The van der Waals surface area contributed by atoms with Gasteiger partial charge in [0, 0.05) is 10.8 Å². The van der Waals surface area contributed by atoms with Crippen molar-refractivity contribution in [3.63, 3.8) is 0 Å². The fourth-order valence-corrected chi connectivity index (χ4v) is 10.8. The first-order valence-electron chi connectivity index (χ1n) is 14.1. The van der Waals surface area contributed by atoms with Crippen molar-refractivity contribution in [2.45, 2.75) is 155 Å². The van der Waals surface area contributed by atoms with E-state index in [4.69, 9.17) is 0 Å². The Morgan fingerprint density at radius 2 is 0.879 bits per heavy atom. The monoisotopic (exact) mass is 482 g/mol. The van der Waals surface area contributed by atoms with Crippen LogP contribution in [0.25, 0.3) is 0 Å². The smallest absolute Gasteiger partial charge is 0.331 e. The Hall–Kier alpha value is -1.10. The van der Waals surface area contributed by atoms with Crippen LogP contribution in [-0.4, -0.2) is 30.2 Å². The van der Waals surface area contributed by atoms with Crippen LogP contribution in [0.2, 0.25) is 18.1 Å². The molecule has 2 N–H and O–H groups in total. The maximum atomic E-state index is 12.8. The predicted octanol–water partition coefficient (Wildman–Crippen LogP) is 9.15. The van der Waals surface area contributed by atoms with Gasteiger partial charge in [-0.3, -0.25) is 0 Å². The lowest BCUT2D eigenvalue weighted by molar-refractivity contribution is -0.135. The van der Waals surface area contributed by atoms with Crippen LogP contribution in [0.4, 0.5) is 0 Å². The summed E-state index contributed by atoms with van der Waals surface area (Å²) < 4.78 is 0. The molecule has 0 heterocycles. The summed E-state index contributed by atoms with van der Waals surface area (Å²) in [6, 6.07) is 2.83. The van der Waals surface area contributed by atoms with Gasteiger partial charge in [0.25, 0.3) is 0 Å². The van der Waals surface area contributed by atoms with Gasteiger partial charge < -0.3 is 10.2 Å². The van der Waals surface area contributed by atoms with E-state index in [-0.39, 0.29) is 5.57 Å². The van der Waals surface area contributed by atoms with Crippen molar-refractivity contribution in [2.75, 3.05) is 0 Å². The lowest BCUT2D eigenvalue weighted by Gasteiger charge is -2.34. The van der Waals surface area contributed by atoms with Crippen LogP contribution in [0.15, 0.2) is 10.8 Å². The van der Waals surface area contributed by atoms with Crippen LogP contribution in [0, 0.1) is 0 Å². The minimum absolute atomic E-state index is 0.242. The summed E-state index contributed by atoms with van der Waals surface area (Å²) in [6.07, 6.45) is 17.8. The second-order valence-corrected chi connectivity index (χ2v) is 14.5. The molecule has 0 saturated carbocycles. The number of unbranched alkanes of at least 4 members (excludes halogenated alkanes) is 12. The Morgan fingerprint density at radius 3 is 1.18 bits per heavy atom. The second-order valence-electron chi connectivity index (χ2n) is 9.99. The molecular formula is C28H54O4Si. The first kappa shape index (κ1) is 31.9. The molecule has 0 aromatic rings. The molecule has 0 aliphatic rings. The van der Waals surface area contributed by atoms with Crippen LogP contribution in [0.3, 0.4) is 0 Å². The normalized spacial score (nSPS) is 12.6. The highest BCUT2D eigenvalue weighted by Crippen LogP contribution is 2.38. The van der Waals surface area contributed by atoms with E-state index in [0.717, 1.165) is 102 Å². The van der Waals surface area contributed by atoms with Crippen LogP contribution >= 0.6 is 0 Å². The summed E-state index contributed by atoms with van der Waals surface area (Å²) in [7, 11) is -2.43. The SMILES string of the molecule is CCCCCC/C(C(=O)O)=C(/C(=O)O)[Si](CCCCCC)(CCCCCC)CCCCCC. The molecule has 0 aromatic carbocycles. The van der Waals surface area contributed by atoms with Crippen molar-refractivity contribution in [3.05, 3.63) is 10.8 Å². The molecule has 0 rings (SSSR count). The zero-order valence-electron chi connectivity index (χ0n) is 22.4. The highest BCUT2D eigenvalue weighted by atomic mass is 28.3. The third kappa shape index (κ3) is 13.4. The van der Waals surface area contributed by atoms with E-state index >= 15 is 0 Å². The summed E-state index contributed by atoms with van der Waals surface area (Å²) in [5, 5.41) is 21.0. The van der Waals surface area contributed by atoms with E-state index in [1.165, 1.54) is 19.3 Å². The molecule has 0 radical (unpaired) electrons. The lowest BCUT2D eigenvalue weighted by atomic mass is 10.1. The first-order chi connectivity index (χ1) is 15.9. The van der Waals surface area contributed by atoms with E-state index in [0.29, 0.717) is 11.6 Å². The Kier molecular flexibility index (Phi) is 19.6. The van der Waals surface area contributed by atoms with Gasteiger partial charge in [0.15, 0.2) is 0 Å². The van der Waals surface area contributed by atoms with E-state index in [1.807, 2.05) is 0 Å². The highest BCUT2D eigenvalue weighted by molar-refractivity contribution is 6.90. The minimum atomic E-state index is -2.43. The Bertz CT molecular complexity index is 525. The molecule has 0 aromatic heterocycles. The van der Waals surface area contributed by atoms with Crippen molar-refractivity contribution in [1.82, 2.24) is 0 Å². The van der Waals surface area contributed by atoms with Gasteiger partial charge in [-0.15, -0.1) is 0 Å². The average Bonchev–Trinajstić information content (AvgIpc) is 2.78. The minimum Gasteiger partial charge on any atom is -0.478 e. The van der Waals surface area contributed by atoms with E-state index in [9.17, 15) is 19.8 Å². The molecule has 0 amide bonds. The fourth-order valence-electron chi connectivity index (χ4n) is 5.16. The standard InChI is InChI=1S/C28H54O4Si/c1-5-9-13-17-21-25(27(29)30)26(28(31)32)33(22-18-14-10-6-2,23-19-15-11-7-3)24-20-16-12-8-4/h5-24H2,1-4H3,(H,29,30)(H,31,32)/b26-25+. The molecule has 4 nitrogen and oxygen atoms in total. The lowest BCUT2D eigenvalue weighted by Crippen LogP contribution is -2.42. The van der Waals surface area contributed by atoms with Crippen LogP contribution in [-0.2, 0) is 9.59 Å². The van der Waals surface area contributed by atoms with Gasteiger partial charge in [-0.25, -0.2) is 9.59 Å². The molecule has 0 unspecified atom stereocenters. The number of aliphatic carboxylic acids is 2. The molecule has 0 saturated heterocycles. The summed E-state index contributed by atoms with van der Waals surface area (Å²) in [5.74, 6) is -1.92. The summed E-state index contributed by atoms with van der Waals surface area (Å²) in [5.41, 5.74) is 0.242. The van der Waals surface area contributed by atoms with Crippen LogP contribution in [0.1, 0.15) is 137 Å². The second kappa shape index (κ2) is 20.3. The zero-order valence-corrected chi connectivity index (χ0v) is 23.4. The molecule has 0 fully saturated rings. The largest absolute Gasteiger partial charge is 0.478 e. The molecule has 33 heavy (non-hydrogen) atoms. The van der Waals surface area contributed by atoms with Gasteiger partial charge in [-0.2, -0.15) is 0 Å². The Morgan fingerprint density at radius 1 is 0.515 bits per heavy atom. The predicted molar refractivity (Wildman–Crippen MR) is 144 cm³/mol. The number of carbonyl (C=O) groups is 2. The zero-order chi connectivity index (χ0) is 25.0. The van der Waals surface area contributed by atoms with E-state index < -0.39 is 20.0 Å². The number of hydrogen-bond acceptors (Lipinski definition) is 2. The molecular weight excluding hydrogens is 428 g/mol. The number of rotatable bonds is 23. The fraction of sp³-hybridized carbons (Fsp3) is 0.857. The number of hydrogen-bond donors (Lipinski definition) is 2. The summed E-state index contributed by atoms with van der Waals surface area (Å²) in [6.45, 7) is 8.72. The Labute approximate surface area is 205 Å². The third-order valence-electron chi connectivity index (χ3n) is 7.11. The maximum Gasteiger partial charge on any atom is 0.331 e. The number of carboxylic acids is 2. The van der Waals surface area contributed by atoms with Gasteiger partial charge in [0.2, 0.25) is 0 Å². The first-order valence-corrected chi connectivity index (χ1v) is 16.7. The average molecular weight is 483 g/mol. The van der Waals surface area contributed by atoms with Crippen molar-refractivity contribution in [2.24, 2.45) is 0 Å². The number of carboxylic acid groups (broad SMARTS) is 2. The summed E-state index contributed by atoms with van der Waals surface area (Å²) in [4.78, 5) is 25.1. The molecule has 0 atom stereocenters. The van der Waals surface area contributed by atoms with Crippen molar-refractivity contribution in [3.8, 4) is 0 Å². The van der Waals surface area contributed by atoms with Crippen molar-refractivity contribution < 1.29 is 19.8 Å². The van der Waals surface area contributed by atoms with Gasteiger partial charge >= 0.3 is 11.9 Å². The van der Waals surface area contributed by atoms with Gasteiger partial charge in [-0.05, 0) is 12.8 Å². The molecule has 0 bridgehead atoms. The quantitative estimate of drug-likeness (QED) is 0.0864. The molecule has 0 spiro atoms. The molecule has 0 aliphatic carbocycles. The highest BCUT2D eigenvalue weighted by Gasteiger charge is 2.42.